The van der Waals surface area contributed by atoms with E-state index >= 15 is 0 Å². The lowest BCUT2D eigenvalue weighted by atomic mass is 10.1. The molecule has 15 heavy (non-hydrogen) atoms. The molecule has 1 heterocycles. The number of benzene rings is 1. The molecule has 2 unspecified atom stereocenters. The van der Waals surface area contributed by atoms with Crippen molar-refractivity contribution >= 4 is 21.6 Å². The van der Waals surface area contributed by atoms with Crippen LogP contribution in [-0.2, 0) is 0 Å². The molecule has 0 radical (unpaired) electrons. The van der Waals surface area contributed by atoms with Crippen LogP contribution in [0.3, 0.4) is 0 Å². The quantitative estimate of drug-likeness (QED) is 0.851. The van der Waals surface area contributed by atoms with Crippen LogP contribution in [0.5, 0.6) is 0 Å². The van der Waals surface area contributed by atoms with Gasteiger partial charge in [0.2, 0.25) is 0 Å². The van der Waals surface area contributed by atoms with Crippen molar-refractivity contribution in [2.75, 3.05) is 17.9 Å². The molecule has 0 aliphatic carbocycles. The maximum absolute atomic E-state index is 8.51. The normalized spacial score (nSPS) is 56.7. The lowest BCUT2D eigenvalue weighted by Crippen LogP contribution is -2.55. The standard InChI is InChI=1S/C12H17BrN2/c1-9-7-14-8-10(2)15(9)12-5-3-11(13)4-6-12/h3-6,9-10,14H,7-8H2,1-2H3/i1D3,2D3,7D2,8D2,9D,10D. The first-order chi connectivity index (χ1) is 11.8. The van der Waals surface area contributed by atoms with E-state index in [0.29, 0.717) is 4.47 Å². The largest absolute Gasteiger partial charge is 0.364 e. The first kappa shape index (κ1) is 3.47. The molecule has 1 N–H and O–H groups in total. The van der Waals surface area contributed by atoms with Gasteiger partial charge in [0, 0.05) is 48.9 Å². The van der Waals surface area contributed by atoms with Gasteiger partial charge in [-0.2, -0.15) is 0 Å². The third-order valence-electron chi connectivity index (χ3n) is 1.89. The third-order valence-corrected chi connectivity index (χ3v) is 2.42. The number of piperazine rings is 1. The Balaban J connectivity index is 2.96. The maximum atomic E-state index is 8.51. The Bertz CT molecular complexity index is 677. The van der Waals surface area contributed by atoms with Crippen molar-refractivity contribution in [2.45, 2.75) is 25.7 Å². The summed E-state index contributed by atoms with van der Waals surface area (Å²) in [4.78, 5) is 0.211. The van der Waals surface area contributed by atoms with E-state index in [-0.39, 0.29) is 10.6 Å². The minimum Gasteiger partial charge on any atom is -0.364 e. The van der Waals surface area contributed by atoms with Crippen molar-refractivity contribution in [2.24, 2.45) is 0 Å². The highest BCUT2D eigenvalue weighted by molar-refractivity contribution is 9.10. The molecule has 1 aliphatic rings. The summed E-state index contributed by atoms with van der Waals surface area (Å²) in [6.07, 6.45) is 0. The van der Waals surface area contributed by atoms with Crippen LogP contribution in [0.15, 0.2) is 28.7 Å². The van der Waals surface area contributed by atoms with E-state index in [4.69, 9.17) is 16.4 Å². The molecule has 82 valence electrons. The van der Waals surface area contributed by atoms with Crippen LogP contribution in [0, 0.1) is 0 Å². The molecule has 2 atom stereocenters. The van der Waals surface area contributed by atoms with Crippen LogP contribution in [0.2, 0.25) is 0 Å². The summed E-state index contributed by atoms with van der Waals surface area (Å²) >= 11 is 3.16. The van der Waals surface area contributed by atoms with Crippen LogP contribution < -0.4 is 10.2 Å². The van der Waals surface area contributed by atoms with Gasteiger partial charge in [-0.1, -0.05) is 15.9 Å². The first-order valence-electron chi connectivity index (χ1n) is 10.2. The van der Waals surface area contributed by atoms with Gasteiger partial charge in [-0.3, -0.25) is 0 Å². The molecule has 0 saturated carbocycles. The van der Waals surface area contributed by atoms with Crippen LogP contribution in [-0.4, -0.2) is 25.0 Å². The van der Waals surface area contributed by atoms with E-state index in [2.05, 4.69) is 15.9 Å². The summed E-state index contributed by atoms with van der Waals surface area (Å²) < 4.78 is 96.2. The molecular weight excluding hydrogens is 252 g/mol. The number of rotatable bonds is 1. The van der Waals surface area contributed by atoms with Gasteiger partial charge in [0.05, 0.1) is 2.74 Å². The Morgan fingerprint density at radius 2 is 2.00 bits per heavy atom. The van der Waals surface area contributed by atoms with Gasteiger partial charge in [-0.15, -0.1) is 0 Å². The first-order valence-corrected chi connectivity index (χ1v) is 4.97. The highest BCUT2D eigenvalue weighted by Gasteiger charge is 2.24. The summed E-state index contributed by atoms with van der Waals surface area (Å²) in [5.41, 5.74) is -0.287. The Morgan fingerprint density at radius 3 is 2.53 bits per heavy atom. The number of hydrogen-bond donors (Lipinski definition) is 1. The molecule has 0 bridgehead atoms. The molecule has 0 amide bonds. The number of anilines is 1. The molecule has 1 aromatic carbocycles. The highest BCUT2D eigenvalue weighted by Crippen LogP contribution is 2.23. The number of halogens is 1. The molecule has 2 rings (SSSR count). The average Bonchev–Trinajstić information content (AvgIpc) is 2.44. The van der Waals surface area contributed by atoms with Crippen molar-refractivity contribution in [1.82, 2.24) is 5.32 Å². The molecule has 1 fully saturated rings. The van der Waals surface area contributed by atoms with Crippen molar-refractivity contribution in [1.29, 1.82) is 0 Å². The van der Waals surface area contributed by atoms with E-state index < -0.39 is 38.7 Å². The van der Waals surface area contributed by atoms with Gasteiger partial charge < -0.3 is 10.2 Å². The van der Waals surface area contributed by atoms with E-state index in [9.17, 15) is 0 Å². The monoisotopic (exact) mass is 280 g/mol. The fourth-order valence-electron chi connectivity index (χ4n) is 1.22. The number of nitrogens with one attached hydrogen (secondary N) is 1. The van der Waals surface area contributed by atoms with Crippen LogP contribution in [0.25, 0.3) is 0 Å². The molecule has 1 saturated heterocycles. The SMILES string of the molecule is [2H]C([2H])([2H])C1([2H])N(c2ccc(Br)cc2)C([2H])(C([2H])([2H])[2H])C([2H])([2H])NC1([2H])[2H]. The van der Waals surface area contributed by atoms with Gasteiger partial charge in [0.25, 0.3) is 0 Å². The zero-order valence-corrected chi connectivity index (χ0v) is 9.22. The lowest BCUT2D eigenvalue weighted by Gasteiger charge is -2.41. The zero-order chi connectivity index (χ0) is 21.3. The minimum absolute atomic E-state index is 0.211. The fourth-order valence-corrected chi connectivity index (χ4v) is 1.49. The summed E-state index contributed by atoms with van der Waals surface area (Å²) in [5, 5.41) is 1.66. The predicted octanol–water partition coefficient (Wildman–Crippen LogP) is 2.64. The summed E-state index contributed by atoms with van der Waals surface area (Å²) in [5.74, 6) is 0. The van der Waals surface area contributed by atoms with Gasteiger partial charge >= 0.3 is 0 Å². The summed E-state index contributed by atoms with van der Waals surface area (Å²) in [6.45, 7) is -13.3. The second-order valence-electron chi connectivity index (χ2n) is 2.88. The molecule has 0 aromatic heterocycles. The average molecular weight is 281 g/mol. The lowest BCUT2D eigenvalue weighted by molar-refractivity contribution is 0.432. The third kappa shape index (κ3) is 2.34. The van der Waals surface area contributed by atoms with E-state index in [1.165, 1.54) is 24.3 Å². The van der Waals surface area contributed by atoms with Crippen molar-refractivity contribution < 1.29 is 16.4 Å². The van der Waals surface area contributed by atoms with Gasteiger partial charge in [-0.05, 0) is 38.0 Å². The Labute approximate surface area is 117 Å². The Hall–Kier alpha value is -0.540. The number of nitrogens with zero attached hydrogens (tertiary/aromatic N) is 1. The zero-order valence-electron chi connectivity index (χ0n) is 19.6. The van der Waals surface area contributed by atoms with Gasteiger partial charge in [0.15, 0.2) is 0 Å². The highest BCUT2D eigenvalue weighted by atomic mass is 79.9. The van der Waals surface area contributed by atoms with E-state index in [1.54, 1.807) is 5.32 Å². The topological polar surface area (TPSA) is 15.3 Å². The van der Waals surface area contributed by atoms with Crippen LogP contribution in [0.1, 0.15) is 30.2 Å². The molecule has 3 heteroatoms. The minimum atomic E-state index is -3.44. The second kappa shape index (κ2) is 4.54. The Morgan fingerprint density at radius 1 is 1.40 bits per heavy atom. The van der Waals surface area contributed by atoms with E-state index in [1.807, 2.05) is 0 Å². The molecule has 1 aliphatic heterocycles. The summed E-state index contributed by atoms with van der Waals surface area (Å²) in [6, 6.07) is -1.47. The second-order valence-corrected chi connectivity index (χ2v) is 3.80. The van der Waals surface area contributed by atoms with Crippen molar-refractivity contribution in [3.05, 3.63) is 28.7 Å². The van der Waals surface area contributed by atoms with Gasteiger partial charge in [-0.25, -0.2) is 0 Å². The Kier molecular flexibility index (Phi) is 1.05. The van der Waals surface area contributed by atoms with Crippen molar-refractivity contribution in [3.63, 3.8) is 0 Å². The van der Waals surface area contributed by atoms with Gasteiger partial charge in [0.1, 0.15) is 0 Å². The molecule has 1 aromatic rings. The smallest absolute Gasteiger partial charge is 0.0540 e. The molecular formula is C12H17BrN2. The predicted molar refractivity (Wildman–Crippen MR) is 68.4 cm³/mol. The fraction of sp³-hybridized carbons (Fsp3) is 0.500. The number of hydrogen-bond acceptors (Lipinski definition) is 2. The van der Waals surface area contributed by atoms with Crippen LogP contribution >= 0.6 is 15.9 Å². The summed E-state index contributed by atoms with van der Waals surface area (Å²) in [7, 11) is 0. The van der Waals surface area contributed by atoms with E-state index in [0.717, 1.165) is 0 Å². The van der Waals surface area contributed by atoms with Crippen molar-refractivity contribution in [3.8, 4) is 0 Å². The maximum Gasteiger partial charge on any atom is 0.0540 e. The molecule has 0 spiro atoms. The van der Waals surface area contributed by atoms with Crippen LogP contribution in [0.4, 0.5) is 5.69 Å². The molecule has 2 nitrogen and oxygen atoms in total.